The first-order chi connectivity index (χ1) is 8.03. The summed E-state index contributed by atoms with van der Waals surface area (Å²) in [6.07, 6.45) is 3.74. The Morgan fingerprint density at radius 1 is 1.47 bits per heavy atom. The van der Waals surface area contributed by atoms with Crippen molar-refractivity contribution in [3.05, 3.63) is 23.8 Å². The van der Waals surface area contributed by atoms with Crippen LogP contribution in [-0.2, 0) is 0 Å². The lowest BCUT2D eigenvalue weighted by Crippen LogP contribution is -2.30. The molecule has 0 aliphatic heterocycles. The van der Waals surface area contributed by atoms with Gasteiger partial charge in [0.05, 0.1) is 11.3 Å². The maximum Gasteiger partial charge on any atom is 0.101 e. The molecule has 0 radical (unpaired) electrons. The number of nitrogen functional groups attached to an aromatic ring is 1. The van der Waals surface area contributed by atoms with E-state index in [1.165, 1.54) is 19.3 Å². The van der Waals surface area contributed by atoms with Gasteiger partial charge in [-0.25, -0.2) is 0 Å². The molecule has 1 atom stereocenters. The van der Waals surface area contributed by atoms with Gasteiger partial charge in [-0.15, -0.1) is 0 Å². The van der Waals surface area contributed by atoms with Crippen molar-refractivity contribution in [3.8, 4) is 6.07 Å². The maximum atomic E-state index is 8.83. The van der Waals surface area contributed by atoms with E-state index in [1.54, 1.807) is 6.07 Å². The summed E-state index contributed by atoms with van der Waals surface area (Å²) in [4.78, 5) is 0. The molecule has 1 aromatic rings. The molecule has 0 saturated heterocycles. The number of nitriles is 1. The Balaban J connectivity index is 2.15. The van der Waals surface area contributed by atoms with Crippen LogP contribution in [0.2, 0.25) is 0 Å². The van der Waals surface area contributed by atoms with E-state index in [0.29, 0.717) is 22.7 Å². The molecule has 1 unspecified atom stereocenters. The third-order valence-electron chi connectivity index (χ3n) is 3.77. The topological polar surface area (TPSA) is 61.8 Å². The Hall–Kier alpha value is -1.69. The van der Waals surface area contributed by atoms with E-state index in [0.717, 1.165) is 5.69 Å². The maximum absolute atomic E-state index is 8.83. The van der Waals surface area contributed by atoms with Gasteiger partial charge in [0.2, 0.25) is 0 Å². The van der Waals surface area contributed by atoms with Crippen LogP contribution < -0.4 is 11.1 Å². The summed E-state index contributed by atoms with van der Waals surface area (Å²) in [5, 5.41) is 12.4. The molecule has 1 saturated carbocycles. The van der Waals surface area contributed by atoms with Crippen molar-refractivity contribution in [2.45, 2.75) is 39.2 Å². The van der Waals surface area contributed by atoms with Gasteiger partial charge >= 0.3 is 0 Å². The molecule has 1 aliphatic rings. The number of nitrogens with one attached hydrogen (secondary N) is 1. The van der Waals surface area contributed by atoms with Gasteiger partial charge in [-0.2, -0.15) is 5.26 Å². The Bertz CT molecular complexity index is 457. The largest absolute Gasteiger partial charge is 0.398 e. The lowest BCUT2D eigenvalue weighted by atomic mass is 9.87. The molecular formula is C14H19N3. The van der Waals surface area contributed by atoms with Gasteiger partial charge in [-0.1, -0.05) is 20.3 Å². The number of hydrogen-bond acceptors (Lipinski definition) is 3. The summed E-state index contributed by atoms with van der Waals surface area (Å²) >= 11 is 0. The van der Waals surface area contributed by atoms with Crippen LogP contribution in [0.15, 0.2) is 18.2 Å². The molecule has 1 aliphatic carbocycles. The quantitative estimate of drug-likeness (QED) is 0.766. The molecular weight excluding hydrogens is 210 g/mol. The van der Waals surface area contributed by atoms with Crippen LogP contribution >= 0.6 is 0 Å². The van der Waals surface area contributed by atoms with Crippen molar-refractivity contribution in [1.29, 1.82) is 5.26 Å². The first kappa shape index (κ1) is 11.8. The van der Waals surface area contributed by atoms with Crippen LogP contribution in [0, 0.1) is 16.7 Å². The second-order valence-electron chi connectivity index (χ2n) is 5.49. The normalized spacial score (nSPS) is 22.1. The fourth-order valence-electron chi connectivity index (χ4n) is 2.55. The van der Waals surface area contributed by atoms with Crippen molar-refractivity contribution in [3.63, 3.8) is 0 Å². The van der Waals surface area contributed by atoms with E-state index in [9.17, 15) is 0 Å². The molecule has 0 aromatic heterocycles. The molecule has 0 spiro atoms. The predicted molar refractivity (Wildman–Crippen MR) is 70.6 cm³/mol. The molecule has 90 valence electrons. The molecule has 0 bridgehead atoms. The Kier molecular flexibility index (Phi) is 2.97. The molecule has 1 fully saturated rings. The van der Waals surface area contributed by atoms with Gasteiger partial charge in [-0.3, -0.25) is 0 Å². The third kappa shape index (κ3) is 2.36. The summed E-state index contributed by atoms with van der Waals surface area (Å²) < 4.78 is 0. The lowest BCUT2D eigenvalue weighted by molar-refractivity contribution is 0.350. The fraction of sp³-hybridized carbons (Fsp3) is 0.500. The number of benzene rings is 1. The smallest absolute Gasteiger partial charge is 0.101 e. The molecule has 0 amide bonds. The highest BCUT2D eigenvalue weighted by Gasteiger charge is 2.34. The third-order valence-corrected chi connectivity index (χ3v) is 3.77. The highest BCUT2D eigenvalue weighted by molar-refractivity contribution is 5.63. The van der Waals surface area contributed by atoms with Crippen molar-refractivity contribution in [2.24, 2.45) is 5.41 Å². The zero-order valence-corrected chi connectivity index (χ0v) is 10.5. The Labute approximate surface area is 103 Å². The first-order valence-electron chi connectivity index (χ1n) is 6.09. The summed E-state index contributed by atoms with van der Waals surface area (Å²) in [7, 11) is 0. The predicted octanol–water partition coefficient (Wildman–Crippen LogP) is 3.13. The number of hydrogen-bond donors (Lipinski definition) is 2. The first-order valence-corrected chi connectivity index (χ1v) is 6.09. The molecule has 2 rings (SSSR count). The summed E-state index contributed by atoms with van der Waals surface area (Å²) in [5.41, 5.74) is 8.25. The molecule has 3 heteroatoms. The minimum atomic E-state index is 0.336. The summed E-state index contributed by atoms with van der Waals surface area (Å²) in [6.45, 7) is 4.59. The Morgan fingerprint density at radius 3 is 2.76 bits per heavy atom. The van der Waals surface area contributed by atoms with Crippen molar-refractivity contribution in [2.75, 3.05) is 11.1 Å². The number of rotatable bonds is 2. The second kappa shape index (κ2) is 4.29. The molecule has 3 nitrogen and oxygen atoms in total. The second-order valence-corrected chi connectivity index (χ2v) is 5.49. The van der Waals surface area contributed by atoms with Crippen LogP contribution in [0.5, 0.6) is 0 Å². The van der Waals surface area contributed by atoms with E-state index in [1.807, 2.05) is 12.1 Å². The van der Waals surface area contributed by atoms with Crippen molar-refractivity contribution < 1.29 is 0 Å². The van der Waals surface area contributed by atoms with Gasteiger partial charge in [0.15, 0.2) is 0 Å². The van der Waals surface area contributed by atoms with Gasteiger partial charge < -0.3 is 11.1 Å². The van der Waals surface area contributed by atoms with Gasteiger partial charge in [0.1, 0.15) is 6.07 Å². The number of anilines is 2. The molecule has 0 heterocycles. The zero-order valence-electron chi connectivity index (χ0n) is 10.5. The van der Waals surface area contributed by atoms with Crippen LogP contribution in [0.3, 0.4) is 0 Å². The average molecular weight is 229 g/mol. The van der Waals surface area contributed by atoms with E-state index in [-0.39, 0.29) is 0 Å². The standard InChI is InChI=1S/C14H19N3/c1-14(2)7-3-4-13(14)17-11-6-5-10(9-15)12(16)8-11/h5-6,8,13,17H,3-4,7,16H2,1-2H3. The monoisotopic (exact) mass is 229 g/mol. The van der Waals surface area contributed by atoms with Crippen molar-refractivity contribution in [1.82, 2.24) is 0 Å². The van der Waals surface area contributed by atoms with Crippen LogP contribution in [0.1, 0.15) is 38.7 Å². The van der Waals surface area contributed by atoms with Gasteiger partial charge in [0, 0.05) is 11.7 Å². The lowest BCUT2D eigenvalue weighted by Gasteiger charge is -2.28. The van der Waals surface area contributed by atoms with Crippen LogP contribution in [0.4, 0.5) is 11.4 Å². The minimum absolute atomic E-state index is 0.336. The molecule has 1 aromatic carbocycles. The van der Waals surface area contributed by atoms with E-state index in [4.69, 9.17) is 11.0 Å². The zero-order chi connectivity index (χ0) is 12.5. The van der Waals surface area contributed by atoms with Crippen LogP contribution in [0.25, 0.3) is 0 Å². The SMILES string of the molecule is CC1(C)CCCC1Nc1ccc(C#N)c(N)c1. The Morgan fingerprint density at radius 2 is 2.24 bits per heavy atom. The fourth-order valence-corrected chi connectivity index (χ4v) is 2.55. The minimum Gasteiger partial charge on any atom is -0.398 e. The number of nitrogens with zero attached hydrogens (tertiary/aromatic N) is 1. The van der Waals surface area contributed by atoms with Gasteiger partial charge in [-0.05, 0) is 36.5 Å². The number of nitrogens with two attached hydrogens (primary N) is 1. The van der Waals surface area contributed by atoms with Crippen LogP contribution in [-0.4, -0.2) is 6.04 Å². The van der Waals surface area contributed by atoms with Gasteiger partial charge in [0.25, 0.3) is 0 Å². The molecule has 17 heavy (non-hydrogen) atoms. The van der Waals surface area contributed by atoms with E-state index < -0.39 is 0 Å². The summed E-state index contributed by atoms with van der Waals surface area (Å²) in [6, 6.07) is 8.14. The average Bonchev–Trinajstić information content (AvgIpc) is 2.59. The highest BCUT2D eigenvalue weighted by Crippen LogP contribution is 2.39. The highest BCUT2D eigenvalue weighted by atomic mass is 14.9. The van der Waals surface area contributed by atoms with E-state index in [2.05, 4.69) is 25.2 Å². The summed E-state index contributed by atoms with van der Waals surface area (Å²) in [5.74, 6) is 0. The molecule has 3 N–H and O–H groups in total. The van der Waals surface area contributed by atoms with E-state index >= 15 is 0 Å². The van der Waals surface area contributed by atoms with Crippen molar-refractivity contribution >= 4 is 11.4 Å².